The molecule has 352 valence electrons. The number of fused-ring (bicyclic) bond motifs is 7. The largest absolute Gasteiger partial charge is 0.509 e. The Labute approximate surface area is 438 Å². The normalized spacial score (nSPS) is 13.3. The summed E-state index contributed by atoms with van der Waals surface area (Å²) < 4.78 is 37.5. The third kappa shape index (κ3) is 7.75. The first kappa shape index (κ1) is 41.6. The fourth-order valence-electron chi connectivity index (χ4n) is 10.2. The van der Waals surface area contributed by atoms with Crippen LogP contribution in [0.1, 0.15) is 36.0 Å². The van der Waals surface area contributed by atoms with Crippen molar-refractivity contribution >= 4 is 66.4 Å². The molecule has 0 bridgehead atoms. The monoisotopic (exact) mass is 1110 g/mol. The smallest absolute Gasteiger partial charge is 0.135 e. The fraction of sp³-hybridized carbons (Fsp3) is 0.0769. The molecule has 7 heteroatoms. The van der Waals surface area contributed by atoms with Gasteiger partial charge in [0.1, 0.15) is 5.82 Å². The zero-order valence-electron chi connectivity index (χ0n) is 42.7. The van der Waals surface area contributed by atoms with Gasteiger partial charge in [-0.1, -0.05) is 142 Å². The molecule has 12 aromatic rings. The van der Waals surface area contributed by atoms with E-state index in [0.29, 0.717) is 28.4 Å². The summed E-state index contributed by atoms with van der Waals surface area (Å²) in [5, 5.41) is 4.22. The molecule has 1 aliphatic heterocycles. The van der Waals surface area contributed by atoms with Gasteiger partial charge in [0.05, 0.1) is 11.0 Å². The molecular formula is C65H48N5OPt-3. The number of para-hydroxylation sites is 5. The van der Waals surface area contributed by atoms with Gasteiger partial charge >= 0.3 is 0 Å². The summed E-state index contributed by atoms with van der Waals surface area (Å²) in [5.74, 6) is 1.45. The number of aryl methyl sites for hydroxylation is 1. The summed E-state index contributed by atoms with van der Waals surface area (Å²) in [7, 11) is 0. The molecule has 72 heavy (non-hydrogen) atoms. The zero-order chi connectivity index (χ0) is 50.3. The van der Waals surface area contributed by atoms with Crippen molar-refractivity contribution in [2.75, 3.05) is 9.80 Å². The van der Waals surface area contributed by atoms with Gasteiger partial charge in [0.15, 0.2) is 0 Å². The second kappa shape index (κ2) is 17.9. The Morgan fingerprint density at radius 3 is 1.85 bits per heavy atom. The maximum absolute atomic E-state index is 8.88. The van der Waals surface area contributed by atoms with Crippen molar-refractivity contribution in [2.24, 2.45) is 0 Å². The average Bonchev–Trinajstić information content (AvgIpc) is 4.10. The second-order valence-corrected chi connectivity index (χ2v) is 19.2. The van der Waals surface area contributed by atoms with Crippen molar-refractivity contribution in [3.05, 3.63) is 242 Å². The van der Waals surface area contributed by atoms with Crippen LogP contribution in [0.4, 0.5) is 22.7 Å². The van der Waals surface area contributed by atoms with Crippen molar-refractivity contribution in [3.8, 4) is 45.3 Å². The van der Waals surface area contributed by atoms with Crippen molar-refractivity contribution < 1.29 is 29.9 Å². The number of rotatable bonds is 8. The van der Waals surface area contributed by atoms with Crippen molar-refractivity contribution in [3.63, 3.8) is 0 Å². The van der Waals surface area contributed by atoms with Crippen LogP contribution in [0.2, 0.25) is 0 Å². The molecule has 9 aromatic carbocycles. The Balaban J connectivity index is 0.00000569. The first-order valence-electron chi connectivity index (χ1n) is 25.4. The van der Waals surface area contributed by atoms with Crippen LogP contribution >= 0.6 is 0 Å². The number of anilines is 4. The van der Waals surface area contributed by atoms with E-state index in [2.05, 4.69) is 181 Å². The van der Waals surface area contributed by atoms with Gasteiger partial charge in [-0.15, -0.1) is 48.1 Å². The average molecular weight is 1110 g/mol. The predicted molar refractivity (Wildman–Crippen MR) is 293 cm³/mol. The maximum Gasteiger partial charge on any atom is 0.135 e. The summed E-state index contributed by atoms with van der Waals surface area (Å²) in [6.45, 7) is 6.43. The molecule has 6 nitrogen and oxygen atoms in total. The molecule has 13 rings (SSSR count). The van der Waals surface area contributed by atoms with Gasteiger partial charge in [-0.05, 0) is 106 Å². The summed E-state index contributed by atoms with van der Waals surface area (Å²) in [5.41, 5.74) is 13.6. The maximum atomic E-state index is 8.88. The fourth-order valence-corrected chi connectivity index (χ4v) is 10.2. The summed E-state index contributed by atoms with van der Waals surface area (Å²) in [4.78, 5) is 9.44. The van der Waals surface area contributed by atoms with E-state index in [4.69, 9.17) is 13.8 Å². The summed E-state index contributed by atoms with van der Waals surface area (Å²) in [6.07, 6.45) is 1.70. The van der Waals surface area contributed by atoms with Gasteiger partial charge in [-0.2, -0.15) is 12.1 Å². The van der Waals surface area contributed by atoms with Crippen molar-refractivity contribution in [1.82, 2.24) is 14.1 Å². The van der Waals surface area contributed by atoms with Crippen molar-refractivity contribution in [2.45, 2.75) is 33.0 Å². The van der Waals surface area contributed by atoms with Gasteiger partial charge in [-0.3, -0.25) is 0 Å². The van der Waals surface area contributed by atoms with E-state index in [1.165, 1.54) is 11.1 Å². The Kier molecular flexibility index (Phi) is 10.3. The topological polar surface area (TPSA) is 38.5 Å². The van der Waals surface area contributed by atoms with E-state index in [-0.39, 0.29) is 32.0 Å². The molecular weight excluding hydrogens is 1060 g/mol. The number of hydrogen-bond acceptors (Lipinski definition) is 4. The minimum atomic E-state index is -2.46. The molecule has 0 saturated heterocycles. The van der Waals surface area contributed by atoms with Crippen LogP contribution < -0.4 is 14.5 Å². The van der Waals surface area contributed by atoms with E-state index in [1.54, 1.807) is 12.3 Å². The minimum Gasteiger partial charge on any atom is -0.509 e. The van der Waals surface area contributed by atoms with E-state index in [0.717, 1.165) is 77.7 Å². The zero-order valence-corrected chi connectivity index (χ0v) is 42.0. The van der Waals surface area contributed by atoms with Gasteiger partial charge in [0, 0.05) is 87.5 Å². The van der Waals surface area contributed by atoms with Gasteiger partial charge in [-0.25, -0.2) is 4.98 Å². The van der Waals surface area contributed by atoms with E-state index < -0.39 is 6.85 Å². The molecule has 0 radical (unpaired) electrons. The third-order valence-electron chi connectivity index (χ3n) is 13.7. The summed E-state index contributed by atoms with van der Waals surface area (Å²) in [6, 6.07) is 77.3. The van der Waals surface area contributed by atoms with E-state index in [1.807, 2.05) is 77.4 Å². The molecule has 0 unspecified atom stereocenters. The number of benzene rings is 9. The van der Waals surface area contributed by atoms with E-state index >= 15 is 0 Å². The first-order valence-corrected chi connectivity index (χ1v) is 23.9. The summed E-state index contributed by atoms with van der Waals surface area (Å²) >= 11 is 0. The Morgan fingerprint density at radius 2 is 1.12 bits per heavy atom. The quantitative estimate of drug-likeness (QED) is 0.142. The predicted octanol–water partition coefficient (Wildman–Crippen LogP) is 17.0. The molecule has 0 saturated carbocycles. The first-order chi connectivity index (χ1) is 35.9. The molecule has 0 atom stereocenters. The molecule has 4 heterocycles. The molecule has 0 N–H and O–H groups in total. The van der Waals surface area contributed by atoms with Gasteiger partial charge in [0.2, 0.25) is 0 Å². The van der Waals surface area contributed by atoms with Crippen LogP contribution in [0.15, 0.2) is 212 Å². The number of hydrogen-bond donors (Lipinski definition) is 0. The second-order valence-electron chi connectivity index (χ2n) is 19.2. The van der Waals surface area contributed by atoms with Crippen LogP contribution in [0, 0.1) is 25.7 Å². The number of ether oxygens (including phenoxy) is 1. The molecule has 0 aliphatic carbocycles. The number of aromatic nitrogens is 3. The Morgan fingerprint density at radius 1 is 0.514 bits per heavy atom. The Hall–Kier alpha value is -8.18. The van der Waals surface area contributed by atoms with Crippen LogP contribution in [-0.2, 0) is 26.5 Å². The number of pyridine rings is 1. The minimum absolute atomic E-state index is 0. The van der Waals surface area contributed by atoms with Gasteiger partial charge in [0.25, 0.3) is 0 Å². The van der Waals surface area contributed by atoms with Crippen LogP contribution in [0.5, 0.6) is 11.5 Å². The van der Waals surface area contributed by atoms with Crippen LogP contribution in [-0.4, -0.2) is 14.1 Å². The van der Waals surface area contributed by atoms with Crippen LogP contribution in [0.3, 0.4) is 0 Å². The number of nitrogens with zero attached hydrogens (tertiary/aromatic N) is 5. The van der Waals surface area contributed by atoms with E-state index in [9.17, 15) is 0 Å². The molecule has 3 aromatic heterocycles. The SMILES string of the molecule is [2H]C([2H])([2H])c1cc(-n2c3[c-]c(Oc4[c-]c(N5[CH-]N(c6cc(-c7ccccc7)cc(C(C)(C)C)c6)c6ccccc65)ccc4)ccc3c3ccccc32)ncc1-c1cccc(-n2c3ccccc3c3ccccc32)c1.[Pt]. The molecule has 0 spiro atoms. The standard InChI is InChI=1S/C65H48N5O.Pt/c1-43-34-64(66-41-57(43)45-20-16-22-49(36-45)69-58-27-11-8-24-53(58)54-25-9-12-28-59(54)69)70-60-29-13-10-26-55(60)56-33-32-52(40-63(56)70)71-51-23-17-21-48(39-51)67-42-68(62-31-15-14-30-61(62)67)50-37-46(44-18-6-5-7-19-44)35-47(38-50)65(2,3)4;/h5-38,41-42H,1-4H3;/q-3;/i1D3;. The molecule has 0 fully saturated rings. The van der Waals surface area contributed by atoms with Crippen molar-refractivity contribution in [1.29, 1.82) is 0 Å². The molecule has 0 amide bonds. The van der Waals surface area contributed by atoms with Gasteiger partial charge < -0.3 is 23.7 Å². The van der Waals surface area contributed by atoms with Crippen LogP contribution in [0.25, 0.3) is 77.4 Å². The molecule has 1 aliphatic rings. The third-order valence-corrected chi connectivity index (χ3v) is 13.7. The Bertz CT molecular complexity index is 4100.